The number of hydrogen-bond donors (Lipinski definition) is 0. The van der Waals surface area contributed by atoms with Gasteiger partial charge in [0.05, 0.1) is 13.2 Å². The molecule has 1 saturated heterocycles. The van der Waals surface area contributed by atoms with E-state index in [2.05, 4.69) is 0 Å². The second kappa shape index (κ2) is 5.25. The third kappa shape index (κ3) is 3.92. The van der Waals surface area contributed by atoms with Crippen LogP contribution in [0.3, 0.4) is 0 Å². The minimum atomic E-state index is -1.30. The Morgan fingerprint density at radius 3 is 2.58 bits per heavy atom. The first kappa shape index (κ1) is 10.6. The molecule has 3 nitrogen and oxygen atoms in total. The molecule has 0 amide bonds. The van der Waals surface area contributed by atoms with Crippen molar-refractivity contribution in [1.29, 1.82) is 0 Å². The van der Waals surface area contributed by atoms with Gasteiger partial charge in [0.2, 0.25) is 0 Å². The highest BCUT2D eigenvalue weighted by Gasteiger charge is 2.22. The standard InChI is InChI=1S/C6H8Cl2O3P/c1-5-2-9-12(10-3-5)11-4-6(7)8/h4H,2-3H2,1H3. The fraction of sp³-hybridized carbons (Fsp3) is 0.500. The van der Waals surface area contributed by atoms with Gasteiger partial charge in [0.1, 0.15) is 10.8 Å². The fourth-order valence-corrected chi connectivity index (χ4v) is 1.80. The maximum Gasteiger partial charge on any atom is 0.396 e. The molecule has 0 aliphatic carbocycles. The van der Waals surface area contributed by atoms with Gasteiger partial charge in [0.25, 0.3) is 0 Å². The monoisotopic (exact) mass is 229 g/mol. The zero-order valence-electron chi connectivity index (χ0n) is 6.42. The minimum Gasteiger partial charge on any atom is -0.432 e. The van der Waals surface area contributed by atoms with Gasteiger partial charge in [-0.1, -0.05) is 30.1 Å². The molecular weight excluding hydrogens is 222 g/mol. The lowest BCUT2D eigenvalue weighted by molar-refractivity contribution is 0.156. The lowest BCUT2D eigenvalue weighted by Gasteiger charge is -2.23. The molecule has 1 aliphatic rings. The van der Waals surface area contributed by atoms with Crippen molar-refractivity contribution < 1.29 is 13.6 Å². The molecule has 0 aromatic rings. The van der Waals surface area contributed by atoms with Crippen LogP contribution in [0.5, 0.6) is 0 Å². The van der Waals surface area contributed by atoms with Crippen molar-refractivity contribution in [2.45, 2.75) is 6.92 Å². The average Bonchev–Trinajstić information content (AvgIpc) is 2.03. The maximum atomic E-state index is 5.32. The van der Waals surface area contributed by atoms with Crippen LogP contribution in [0.4, 0.5) is 0 Å². The molecule has 0 spiro atoms. The van der Waals surface area contributed by atoms with Gasteiger partial charge in [0.15, 0.2) is 0 Å². The van der Waals surface area contributed by atoms with Crippen molar-refractivity contribution >= 4 is 31.8 Å². The summed E-state index contributed by atoms with van der Waals surface area (Å²) in [5, 5.41) is 0. The molecule has 0 bridgehead atoms. The molecule has 6 heteroatoms. The summed E-state index contributed by atoms with van der Waals surface area (Å²) in [5.74, 6) is 1.14. The number of halogens is 2. The lowest BCUT2D eigenvalue weighted by atomic mass is 10.2. The summed E-state index contributed by atoms with van der Waals surface area (Å²) in [6, 6.07) is 0. The molecule has 0 saturated carbocycles. The van der Waals surface area contributed by atoms with E-state index in [0.717, 1.165) is 5.92 Å². The molecule has 1 radical (unpaired) electrons. The Morgan fingerprint density at radius 2 is 2.08 bits per heavy atom. The predicted molar refractivity (Wildman–Crippen MR) is 48.6 cm³/mol. The van der Waals surface area contributed by atoms with Crippen LogP contribution in [0.1, 0.15) is 6.92 Å². The van der Waals surface area contributed by atoms with Crippen LogP contribution in [0.2, 0.25) is 0 Å². The zero-order chi connectivity index (χ0) is 8.97. The Kier molecular flexibility index (Phi) is 4.62. The largest absolute Gasteiger partial charge is 0.432 e. The van der Waals surface area contributed by atoms with E-state index in [0.29, 0.717) is 13.2 Å². The van der Waals surface area contributed by atoms with E-state index < -0.39 is 8.60 Å². The van der Waals surface area contributed by atoms with E-state index in [4.69, 9.17) is 36.8 Å². The van der Waals surface area contributed by atoms with Crippen molar-refractivity contribution in [1.82, 2.24) is 0 Å². The van der Waals surface area contributed by atoms with Crippen LogP contribution in [-0.4, -0.2) is 13.2 Å². The van der Waals surface area contributed by atoms with Gasteiger partial charge < -0.3 is 13.6 Å². The SMILES string of the molecule is C[C]1COP(OC=C(Cl)Cl)OC1. The van der Waals surface area contributed by atoms with E-state index in [-0.39, 0.29) is 4.49 Å². The third-order valence-corrected chi connectivity index (χ3v) is 2.20. The van der Waals surface area contributed by atoms with E-state index in [1.165, 1.54) is 6.26 Å². The quantitative estimate of drug-likeness (QED) is 0.538. The van der Waals surface area contributed by atoms with Crippen molar-refractivity contribution in [3.05, 3.63) is 16.7 Å². The predicted octanol–water partition coefficient (Wildman–Crippen LogP) is 3.15. The van der Waals surface area contributed by atoms with Crippen LogP contribution in [0, 0.1) is 5.92 Å². The van der Waals surface area contributed by atoms with Gasteiger partial charge >= 0.3 is 8.60 Å². The second-order valence-corrected chi connectivity index (χ2v) is 4.42. The van der Waals surface area contributed by atoms with Crippen molar-refractivity contribution in [2.75, 3.05) is 13.2 Å². The summed E-state index contributed by atoms with van der Waals surface area (Å²) in [5.41, 5.74) is 0. The van der Waals surface area contributed by atoms with Gasteiger partial charge in [-0.2, -0.15) is 0 Å². The van der Waals surface area contributed by atoms with E-state index in [9.17, 15) is 0 Å². The first-order valence-corrected chi connectivity index (χ1v) is 5.09. The smallest absolute Gasteiger partial charge is 0.396 e. The second-order valence-electron chi connectivity index (χ2n) is 2.24. The first-order chi connectivity index (χ1) is 5.68. The maximum absolute atomic E-state index is 5.32. The van der Waals surface area contributed by atoms with Crippen molar-refractivity contribution in [3.8, 4) is 0 Å². The lowest BCUT2D eigenvalue weighted by Crippen LogP contribution is -2.14. The summed E-state index contributed by atoms with van der Waals surface area (Å²) in [4.78, 5) is 0. The van der Waals surface area contributed by atoms with Crippen LogP contribution in [0.25, 0.3) is 0 Å². The molecule has 12 heavy (non-hydrogen) atoms. The fourth-order valence-electron chi connectivity index (χ4n) is 0.548. The van der Waals surface area contributed by atoms with E-state index in [1.807, 2.05) is 6.92 Å². The van der Waals surface area contributed by atoms with Gasteiger partial charge in [-0.05, 0) is 0 Å². The van der Waals surface area contributed by atoms with Crippen molar-refractivity contribution in [3.63, 3.8) is 0 Å². The molecule has 1 fully saturated rings. The molecule has 0 unspecified atom stereocenters. The van der Waals surface area contributed by atoms with Crippen LogP contribution in [-0.2, 0) is 13.6 Å². The minimum absolute atomic E-state index is 0.0518. The highest BCUT2D eigenvalue weighted by molar-refractivity contribution is 7.41. The molecule has 0 atom stereocenters. The summed E-state index contributed by atoms with van der Waals surface area (Å²) >= 11 is 10.6. The molecule has 69 valence electrons. The Labute approximate surface area is 82.6 Å². The zero-order valence-corrected chi connectivity index (χ0v) is 8.83. The van der Waals surface area contributed by atoms with Gasteiger partial charge in [0, 0.05) is 5.92 Å². The molecule has 0 aromatic carbocycles. The van der Waals surface area contributed by atoms with Crippen LogP contribution < -0.4 is 0 Å². The van der Waals surface area contributed by atoms with Crippen LogP contribution in [0.15, 0.2) is 10.8 Å². The Hall–Kier alpha value is 0.470. The molecule has 1 rings (SSSR count). The van der Waals surface area contributed by atoms with E-state index in [1.54, 1.807) is 0 Å². The highest BCUT2D eigenvalue weighted by atomic mass is 35.5. The average molecular weight is 230 g/mol. The molecule has 0 N–H and O–H groups in total. The summed E-state index contributed by atoms with van der Waals surface area (Å²) in [6.07, 6.45) is 1.20. The molecule has 0 aromatic heterocycles. The molecule has 1 heterocycles. The Bertz CT molecular complexity index is 164. The van der Waals surface area contributed by atoms with Gasteiger partial charge in [-0.15, -0.1) is 0 Å². The topological polar surface area (TPSA) is 27.7 Å². The van der Waals surface area contributed by atoms with Crippen molar-refractivity contribution in [2.24, 2.45) is 0 Å². The van der Waals surface area contributed by atoms with E-state index >= 15 is 0 Å². The Balaban J connectivity index is 2.22. The van der Waals surface area contributed by atoms with Crippen LogP contribution >= 0.6 is 31.8 Å². The summed E-state index contributed by atoms with van der Waals surface area (Å²) in [7, 11) is -1.30. The summed E-state index contributed by atoms with van der Waals surface area (Å²) in [6.45, 7) is 3.09. The number of hydrogen-bond acceptors (Lipinski definition) is 3. The van der Waals surface area contributed by atoms with Gasteiger partial charge in [-0.25, -0.2) is 0 Å². The van der Waals surface area contributed by atoms with Gasteiger partial charge in [-0.3, -0.25) is 0 Å². The summed E-state index contributed by atoms with van der Waals surface area (Å²) < 4.78 is 15.3. The molecular formula is C6H8Cl2O3P. The molecule has 1 aliphatic heterocycles. The highest BCUT2D eigenvalue weighted by Crippen LogP contribution is 2.44. The third-order valence-electron chi connectivity index (χ3n) is 1.06. The number of rotatable bonds is 2. The normalized spacial score (nSPS) is 20.6. The Morgan fingerprint density at radius 1 is 1.50 bits per heavy atom. The first-order valence-electron chi connectivity index (χ1n) is 3.23.